The molecule has 0 spiro atoms. The van der Waals surface area contributed by atoms with Crippen molar-refractivity contribution in [2.45, 2.75) is 38.6 Å². The third kappa shape index (κ3) is 9.37. The highest BCUT2D eigenvalue weighted by molar-refractivity contribution is 5.85. The molecule has 1 atom stereocenters. The molecule has 0 aliphatic carbocycles. The first-order valence-corrected chi connectivity index (χ1v) is 8.92. The number of likely N-dealkylation sites (N-methyl/N-ethyl adjacent to an activating group) is 1. The molecule has 1 amide bonds. The van der Waals surface area contributed by atoms with E-state index in [-0.39, 0.29) is 25.2 Å². The van der Waals surface area contributed by atoms with Crippen molar-refractivity contribution in [2.24, 2.45) is 0 Å². The zero-order chi connectivity index (χ0) is 19.9. The van der Waals surface area contributed by atoms with E-state index in [4.69, 9.17) is 5.11 Å². The molecule has 0 aliphatic rings. The maximum Gasteiger partial charge on any atom is 0.304 e. The Bertz CT molecular complexity index is 655. The number of carboxylic acid groups (broad SMARTS) is 1. The van der Waals surface area contributed by atoms with Crippen LogP contribution < -0.4 is 10.6 Å². The van der Waals surface area contributed by atoms with Crippen LogP contribution in [0.15, 0.2) is 24.4 Å². The third-order valence-corrected chi connectivity index (χ3v) is 3.61. The Morgan fingerprint density at radius 3 is 2.81 bits per heavy atom. The van der Waals surface area contributed by atoms with Crippen molar-refractivity contribution in [3.05, 3.63) is 24.4 Å². The molecule has 0 bridgehead atoms. The highest BCUT2D eigenvalue weighted by atomic mass is 16.4. The number of aliphatic carboxylic acids is 1. The average molecular weight is 374 g/mol. The van der Waals surface area contributed by atoms with E-state index in [1.54, 1.807) is 13.1 Å². The molecule has 0 aromatic carbocycles. The Hall–Kier alpha value is -2.92. The summed E-state index contributed by atoms with van der Waals surface area (Å²) < 4.78 is 0. The minimum Gasteiger partial charge on any atom is -0.481 e. The molecule has 27 heavy (non-hydrogen) atoms. The molecule has 8 heteroatoms. The van der Waals surface area contributed by atoms with E-state index in [0.717, 1.165) is 12.2 Å². The van der Waals surface area contributed by atoms with Crippen LogP contribution in [0, 0.1) is 12.0 Å². The van der Waals surface area contributed by atoms with Crippen LogP contribution in [0.2, 0.25) is 0 Å². The first-order valence-electron chi connectivity index (χ1n) is 8.92. The monoisotopic (exact) mass is 374 g/mol. The van der Waals surface area contributed by atoms with Crippen molar-refractivity contribution >= 4 is 24.0 Å². The third-order valence-electron chi connectivity index (χ3n) is 3.61. The van der Waals surface area contributed by atoms with E-state index >= 15 is 0 Å². The number of anilines is 1. The largest absolute Gasteiger partial charge is 0.481 e. The zero-order valence-corrected chi connectivity index (χ0v) is 15.5. The summed E-state index contributed by atoms with van der Waals surface area (Å²) in [7, 11) is 0. The first-order chi connectivity index (χ1) is 13.1. The van der Waals surface area contributed by atoms with Crippen LogP contribution in [0.25, 0.3) is 0 Å². The molecule has 1 aromatic heterocycles. The smallest absolute Gasteiger partial charge is 0.304 e. The lowest BCUT2D eigenvalue weighted by Crippen LogP contribution is -2.45. The zero-order valence-electron chi connectivity index (χ0n) is 15.5. The molecule has 0 saturated carbocycles. The van der Waals surface area contributed by atoms with Crippen LogP contribution >= 0.6 is 0 Å². The SMILES string of the molecule is CCN(C#CCCC(=O)O)C(=O)C(CC=O)NCCCNc1ccccn1. The van der Waals surface area contributed by atoms with Gasteiger partial charge in [-0.05, 0) is 32.0 Å². The molecular formula is C19H26N4O4. The van der Waals surface area contributed by atoms with Gasteiger partial charge in [0.1, 0.15) is 12.1 Å². The Labute approximate surface area is 159 Å². The maximum absolute atomic E-state index is 12.5. The molecule has 3 N–H and O–H groups in total. The van der Waals surface area contributed by atoms with E-state index in [2.05, 4.69) is 27.6 Å². The van der Waals surface area contributed by atoms with Gasteiger partial charge in [-0.15, -0.1) is 0 Å². The second kappa shape index (κ2) is 13.3. The van der Waals surface area contributed by atoms with Crippen LogP contribution in [0.3, 0.4) is 0 Å². The lowest BCUT2D eigenvalue weighted by atomic mass is 10.2. The van der Waals surface area contributed by atoms with Gasteiger partial charge in [0.2, 0.25) is 0 Å². The highest BCUT2D eigenvalue weighted by Crippen LogP contribution is 2.01. The quantitative estimate of drug-likeness (QED) is 0.217. The Balaban J connectivity index is 2.45. The fourth-order valence-corrected chi connectivity index (χ4v) is 2.22. The maximum atomic E-state index is 12.5. The summed E-state index contributed by atoms with van der Waals surface area (Å²) >= 11 is 0. The van der Waals surface area contributed by atoms with Crippen LogP contribution in [0.5, 0.6) is 0 Å². The minimum atomic E-state index is -0.932. The number of nitrogens with zero attached hydrogens (tertiary/aromatic N) is 2. The van der Waals surface area contributed by atoms with Crippen molar-refractivity contribution in [1.29, 1.82) is 0 Å². The Morgan fingerprint density at radius 2 is 2.19 bits per heavy atom. The number of carbonyl (C=O) groups is 3. The average Bonchev–Trinajstić information content (AvgIpc) is 2.67. The topological polar surface area (TPSA) is 112 Å². The predicted octanol–water partition coefficient (Wildman–Crippen LogP) is 1.11. The lowest BCUT2D eigenvalue weighted by molar-refractivity contribution is -0.136. The van der Waals surface area contributed by atoms with E-state index in [0.29, 0.717) is 25.9 Å². The van der Waals surface area contributed by atoms with Gasteiger partial charge in [0, 0.05) is 38.2 Å². The van der Waals surface area contributed by atoms with Gasteiger partial charge in [0.05, 0.1) is 12.5 Å². The number of carbonyl (C=O) groups excluding carboxylic acids is 2. The summed E-state index contributed by atoms with van der Waals surface area (Å²) in [6.45, 7) is 3.36. The summed E-state index contributed by atoms with van der Waals surface area (Å²) in [5.74, 6) is 2.25. The van der Waals surface area contributed by atoms with Gasteiger partial charge in [-0.2, -0.15) is 0 Å². The molecule has 8 nitrogen and oxygen atoms in total. The van der Waals surface area contributed by atoms with Crippen LogP contribution in [-0.4, -0.2) is 58.8 Å². The van der Waals surface area contributed by atoms with Crippen LogP contribution in [0.1, 0.15) is 32.6 Å². The molecule has 1 aromatic rings. The standard InChI is InChI=1S/C19H26N4O4/c1-2-23(14-6-4-9-18(25)26)19(27)16(10-15-24)20-12-7-13-22-17-8-3-5-11-21-17/h3,5,8,11,15-16,20H,2,4,7,9-10,12-13H2,1H3,(H,21,22)(H,25,26). The number of hydrogen-bond donors (Lipinski definition) is 3. The van der Waals surface area contributed by atoms with E-state index < -0.39 is 12.0 Å². The van der Waals surface area contributed by atoms with Crippen LogP contribution in [-0.2, 0) is 14.4 Å². The second-order valence-corrected chi connectivity index (χ2v) is 5.67. The number of nitrogens with one attached hydrogen (secondary N) is 2. The molecule has 1 heterocycles. The molecule has 1 unspecified atom stereocenters. The second-order valence-electron chi connectivity index (χ2n) is 5.67. The van der Waals surface area contributed by atoms with Crippen molar-refractivity contribution in [3.8, 4) is 12.0 Å². The van der Waals surface area contributed by atoms with E-state index in [9.17, 15) is 14.4 Å². The molecular weight excluding hydrogens is 348 g/mol. The molecule has 0 fully saturated rings. The number of hydrogen-bond acceptors (Lipinski definition) is 6. The van der Waals surface area contributed by atoms with Gasteiger partial charge in [-0.25, -0.2) is 4.98 Å². The number of rotatable bonds is 12. The minimum absolute atomic E-state index is 0.0554. The molecule has 0 radical (unpaired) electrons. The van der Waals surface area contributed by atoms with Crippen molar-refractivity contribution in [2.75, 3.05) is 25.0 Å². The number of amides is 1. The number of aldehydes is 1. The van der Waals surface area contributed by atoms with Crippen molar-refractivity contribution < 1.29 is 19.5 Å². The van der Waals surface area contributed by atoms with Gasteiger partial charge in [0.25, 0.3) is 5.91 Å². The fraction of sp³-hybridized carbons (Fsp3) is 0.474. The van der Waals surface area contributed by atoms with Gasteiger partial charge in [-0.3, -0.25) is 14.5 Å². The predicted molar refractivity (Wildman–Crippen MR) is 102 cm³/mol. The van der Waals surface area contributed by atoms with Gasteiger partial charge >= 0.3 is 5.97 Å². The van der Waals surface area contributed by atoms with Gasteiger partial charge in [0.15, 0.2) is 0 Å². The molecule has 0 aliphatic heterocycles. The summed E-state index contributed by atoms with van der Waals surface area (Å²) in [5.41, 5.74) is 0. The summed E-state index contributed by atoms with van der Waals surface area (Å²) in [5, 5.41) is 14.9. The van der Waals surface area contributed by atoms with Crippen molar-refractivity contribution in [1.82, 2.24) is 15.2 Å². The lowest BCUT2D eigenvalue weighted by Gasteiger charge is -2.21. The van der Waals surface area contributed by atoms with Crippen LogP contribution in [0.4, 0.5) is 5.82 Å². The van der Waals surface area contributed by atoms with Crippen molar-refractivity contribution in [3.63, 3.8) is 0 Å². The molecule has 1 rings (SSSR count). The highest BCUT2D eigenvalue weighted by Gasteiger charge is 2.21. The Kier molecular flexibility index (Phi) is 10.9. The Morgan fingerprint density at radius 1 is 1.37 bits per heavy atom. The van der Waals surface area contributed by atoms with Gasteiger partial charge < -0.3 is 20.5 Å². The molecule has 0 saturated heterocycles. The van der Waals surface area contributed by atoms with E-state index in [1.807, 2.05) is 18.2 Å². The normalized spacial score (nSPS) is 11.0. The summed E-state index contributed by atoms with van der Waals surface area (Å²) in [4.78, 5) is 39.4. The number of aromatic nitrogens is 1. The summed E-state index contributed by atoms with van der Waals surface area (Å²) in [6, 6.07) is 7.63. The van der Waals surface area contributed by atoms with E-state index in [1.165, 1.54) is 4.90 Å². The van der Waals surface area contributed by atoms with Gasteiger partial charge in [-0.1, -0.05) is 12.0 Å². The number of pyridine rings is 1. The fourth-order valence-electron chi connectivity index (χ4n) is 2.22. The first kappa shape index (κ1) is 22.1. The summed E-state index contributed by atoms with van der Waals surface area (Å²) in [6.07, 6.45) is 3.31. The molecule has 146 valence electrons. The number of carboxylic acids is 1.